The fraction of sp³-hybridized carbons (Fsp3) is 0.250. The predicted octanol–water partition coefficient (Wildman–Crippen LogP) is 4.37. The molecule has 1 N–H and O–H groups in total. The number of fused-ring (bicyclic) bond motifs is 3. The molecule has 0 saturated carbocycles. The van der Waals surface area contributed by atoms with Crippen molar-refractivity contribution in [3.8, 4) is 45.6 Å². The Morgan fingerprint density at radius 1 is 0.811 bits per heavy atom. The second-order valence-electron chi connectivity index (χ2n) is 8.31. The molecule has 1 aliphatic rings. The molecule has 2 heterocycles. The smallest absolute Gasteiger partial charge is 0.205 e. The Morgan fingerprint density at radius 3 is 2.16 bits per heavy atom. The second kappa shape index (κ2) is 9.94. The summed E-state index contributed by atoms with van der Waals surface area (Å²) in [6.07, 6.45) is -0.0104. The molecule has 0 radical (unpaired) electrons. The summed E-state index contributed by atoms with van der Waals surface area (Å²) in [5, 5.41) is 10.4. The van der Waals surface area contributed by atoms with Gasteiger partial charge in [0.05, 0.1) is 46.0 Å². The van der Waals surface area contributed by atoms with Crippen LogP contribution in [0.3, 0.4) is 0 Å². The van der Waals surface area contributed by atoms with Crippen molar-refractivity contribution in [3.05, 3.63) is 70.6 Å². The van der Waals surface area contributed by atoms with E-state index in [9.17, 15) is 9.90 Å². The molecule has 2 atom stereocenters. The summed E-state index contributed by atoms with van der Waals surface area (Å²) in [6, 6.07) is 13.8. The maximum atomic E-state index is 13.4. The van der Waals surface area contributed by atoms with Crippen LogP contribution in [0.4, 0.5) is 0 Å². The number of rotatable bonds is 7. The Labute approximate surface area is 212 Å². The van der Waals surface area contributed by atoms with E-state index in [0.29, 0.717) is 45.3 Å². The number of hydrogen-bond acceptors (Lipinski definition) is 9. The molecule has 1 aliphatic heterocycles. The summed E-state index contributed by atoms with van der Waals surface area (Å²) in [4.78, 5) is 13.4. The van der Waals surface area contributed by atoms with Crippen LogP contribution in [0.2, 0.25) is 0 Å². The summed E-state index contributed by atoms with van der Waals surface area (Å²) in [6.45, 7) is -0.331. The van der Waals surface area contributed by atoms with Crippen LogP contribution < -0.4 is 33.8 Å². The SMILES string of the molecule is COc1ccc(-c2coc3c4c(ccc3c2=O)O[C@@H](c2ccc(OC)c(OC)c2)[C@@H](CO)O4)cc1OC. The molecule has 5 rings (SSSR count). The van der Waals surface area contributed by atoms with E-state index in [1.807, 2.05) is 6.07 Å². The van der Waals surface area contributed by atoms with Crippen molar-refractivity contribution in [1.29, 1.82) is 0 Å². The topological polar surface area (TPSA) is 106 Å². The van der Waals surface area contributed by atoms with Crippen LogP contribution >= 0.6 is 0 Å². The molecule has 0 saturated heterocycles. The minimum Gasteiger partial charge on any atom is -0.493 e. The van der Waals surface area contributed by atoms with E-state index in [-0.39, 0.29) is 23.4 Å². The molecule has 0 bridgehead atoms. The van der Waals surface area contributed by atoms with Crippen LogP contribution in [0.25, 0.3) is 22.1 Å². The first kappa shape index (κ1) is 24.3. The average Bonchev–Trinajstić information content (AvgIpc) is 2.95. The third kappa shape index (κ3) is 4.17. The van der Waals surface area contributed by atoms with Gasteiger partial charge in [0.1, 0.15) is 6.26 Å². The van der Waals surface area contributed by atoms with Gasteiger partial charge in [0, 0.05) is 5.56 Å². The first-order chi connectivity index (χ1) is 18.0. The van der Waals surface area contributed by atoms with Crippen LogP contribution in [0, 0.1) is 0 Å². The van der Waals surface area contributed by atoms with E-state index in [4.69, 9.17) is 32.8 Å². The molecule has 3 aromatic carbocycles. The zero-order valence-electron chi connectivity index (χ0n) is 20.8. The fourth-order valence-corrected chi connectivity index (χ4v) is 4.44. The van der Waals surface area contributed by atoms with Crippen LogP contribution in [0.1, 0.15) is 11.7 Å². The molecular formula is C28H26O9. The van der Waals surface area contributed by atoms with E-state index >= 15 is 0 Å². The lowest BCUT2D eigenvalue weighted by atomic mass is 10.0. The van der Waals surface area contributed by atoms with Crippen LogP contribution in [-0.2, 0) is 0 Å². The Hall–Kier alpha value is -4.37. The molecule has 9 nitrogen and oxygen atoms in total. The Morgan fingerprint density at radius 2 is 1.49 bits per heavy atom. The largest absolute Gasteiger partial charge is 0.493 e. The standard InChI is InChI=1S/C28H26O9/c1-31-19-8-5-15(11-22(19)33-3)18-14-35-27-17(25(18)30)7-10-21-28(27)37-24(13-29)26(36-21)16-6-9-20(32-2)23(12-16)34-4/h5-12,14,24,26,29H,13H2,1-4H3/t24-,26+/m1/s1. The summed E-state index contributed by atoms with van der Waals surface area (Å²) < 4.78 is 39.7. The summed E-state index contributed by atoms with van der Waals surface area (Å²) in [5.41, 5.74) is 1.68. The molecule has 0 aliphatic carbocycles. The van der Waals surface area contributed by atoms with Gasteiger partial charge in [0.2, 0.25) is 11.2 Å². The van der Waals surface area contributed by atoms with Gasteiger partial charge in [-0.2, -0.15) is 0 Å². The van der Waals surface area contributed by atoms with Crippen molar-refractivity contribution in [1.82, 2.24) is 0 Å². The van der Waals surface area contributed by atoms with Gasteiger partial charge in [-0.3, -0.25) is 4.79 Å². The highest BCUT2D eigenvalue weighted by atomic mass is 16.6. The van der Waals surface area contributed by atoms with Crippen molar-refractivity contribution in [2.24, 2.45) is 0 Å². The molecule has 4 aromatic rings. The second-order valence-corrected chi connectivity index (χ2v) is 8.31. The van der Waals surface area contributed by atoms with Gasteiger partial charge < -0.3 is 37.9 Å². The monoisotopic (exact) mass is 506 g/mol. The normalized spacial score (nSPS) is 16.4. The third-order valence-electron chi connectivity index (χ3n) is 6.33. The van der Waals surface area contributed by atoms with E-state index in [1.54, 1.807) is 63.8 Å². The molecule has 9 heteroatoms. The lowest BCUT2D eigenvalue weighted by Gasteiger charge is -2.33. The van der Waals surface area contributed by atoms with Crippen molar-refractivity contribution in [2.45, 2.75) is 12.2 Å². The molecular weight excluding hydrogens is 480 g/mol. The number of benzene rings is 3. The predicted molar refractivity (Wildman–Crippen MR) is 135 cm³/mol. The molecule has 0 fully saturated rings. The lowest BCUT2D eigenvalue weighted by molar-refractivity contribution is -0.0118. The Bertz CT molecular complexity index is 1510. The summed E-state index contributed by atoms with van der Waals surface area (Å²) in [5.74, 6) is 2.78. The Kier molecular flexibility index (Phi) is 6.54. The van der Waals surface area contributed by atoms with Gasteiger partial charge in [-0.15, -0.1) is 0 Å². The maximum Gasteiger partial charge on any atom is 0.205 e. The van der Waals surface area contributed by atoms with E-state index in [0.717, 1.165) is 5.56 Å². The van der Waals surface area contributed by atoms with E-state index in [2.05, 4.69) is 0 Å². The molecule has 1 aromatic heterocycles. The van der Waals surface area contributed by atoms with Gasteiger partial charge in [-0.05, 0) is 42.0 Å². The van der Waals surface area contributed by atoms with Gasteiger partial charge >= 0.3 is 0 Å². The summed E-state index contributed by atoms with van der Waals surface area (Å²) >= 11 is 0. The first-order valence-electron chi connectivity index (χ1n) is 11.5. The lowest BCUT2D eigenvalue weighted by Crippen LogP contribution is -2.36. The highest BCUT2D eigenvalue weighted by Crippen LogP contribution is 2.45. The van der Waals surface area contributed by atoms with Crippen molar-refractivity contribution >= 4 is 11.0 Å². The molecule has 0 spiro atoms. The minimum absolute atomic E-state index is 0.232. The number of ether oxygens (including phenoxy) is 6. The maximum absolute atomic E-state index is 13.4. The summed E-state index contributed by atoms with van der Waals surface area (Å²) in [7, 11) is 6.17. The number of hydrogen-bond donors (Lipinski definition) is 1. The highest BCUT2D eigenvalue weighted by molar-refractivity contribution is 5.88. The highest BCUT2D eigenvalue weighted by Gasteiger charge is 2.35. The Balaban J connectivity index is 1.55. The number of methoxy groups -OCH3 is 4. The zero-order valence-corrected chi connectivity index (χ0v) is 20.8. The van der Waals surface area contributed by atoms with Crippen LogP contribution in [0.5, 0.6) is 34.5 Å². The van der Waals surface area contributed by atoms with Crippen LogP contribution in [-0.4, -0.2) is 46.3 Å². The third-order valence-corrected chi connectivity index (χ3v) is 6.33. The number of aliphatic hydroxyl groups is 1. The minimum atomic E-state index is -0.757. The van der Waals surface area contributed by atoms with Gasteiger partial charge in [-0.1, -0.05) is 12.1 Å². The quantitative estimate of drug-likeness (QED) is 0.391. The van der Waals surface area contributed by atoms with Gasteiger partial charge in [-0.25, -0.2) is 0 Å². The van der Waals surface area contributed by atoms with Crippen molar-refractivity contribution < 1.29 is 37.9 Å². The molecule has 0 unspecified atom stereocenters. The zero-order chi connectivity index (χ0) is 26.1. The first-order valence-corrected chi connectivity index (χ1v) is 11.5. The van der Waals surface area contributed by atoms with Crippen molar-refractivity contribution in [2.75, 3.05) is 35.0 Å². The molecule has 192 valence electrons. The van der Waals surface area contributed by atoms with Gasteiger partial charge in [0.15, 0.2) is 46.5 Å². The van der Waals surface area contributed by atoms with Crippen molar-refractivity contribution in [3.63, 3.8) is 0 Å². The van der Waals surface area contributed by atoms with E-state index in [1.165, 1.54) is 13.4 Å². The number of aliphatic hydroxyl groups excluding tert-OH is 1. The van der Waals surface area contributed by atoms with Crippen LogP contribution in [0.15, 0.2) is 64.0 Å². The molecule has 0 amide bonds. The fourth-order valence-electron chi connectivity index (χ4n) is 4.44. The molecule has 37 heavy (non-hydrogen) atoms. The van der Waals surface area contributed by atoms with E-state index < -0.39 is 12.2 Å². The average molecular weight is 507 g/mol. The van der Waals surface area contributed by atoms with Gasteiger partial charge in [0.25, 0.3) is 0 Å².